The fourth-order valence-corrected chi connectivity index (χ4v) is 1.62. The monoisotopic (exact) mass is 485 g/mol. The van der Waals surface area contributed by atoms with Gasteiger partial charge in [0.25, 0.3) is 0 Å². The van der Waals surface area contributed by atoms with Crippen LogP contribution in [0.4, 0.5) is 39.5 Å². The molecule has 1 heterocycles. The van der Waals surface area contributed by atoms with E-state index in [4.69, 9.17) is 0 Å². The van der Waals surface area contributed by atoms with Crippen LogP contribution in [-0.4, -0.2) is 56.3 Å². The molecule has 2 N–H and O–H groups in total. The summed E-state index contributed by atoms with van der Waals surface area (Å²) in [5.74, 6) is 0. The van der Waals surface area contributed by atoms with Crippen LogP contribution in [0.15, 0.2) is 0 Å². The Morgan fingerprint density at radius 1 is 0.640 bits per heavy atom. The summed E-state index contributed by atoms with van der Waals surface area (Å²) in [5, 5.41) is 5.96. The molecule has 0 aromatic carbocycles. The Bertz CT molecular complexity index is 290. The first kappa shape index (κ1) is 33.4. The van der Waals surface area contributed by atoms with Crippen molar-refractivity contribution in [2.45, 2.75) is 36.7 Å². The summed E-state index contributed by atoms with van der Waals surface area (Å²) in [5.41, 5.74) is 0. The molecule has 0 amide bonds. The summed E-state index contributed by atoms with van der Waals surface area (Å²) in [6.07, 6.45) is -15.0. The van der Waals surface area contributed by atoms with Crippen molar-refractivity contribution in [2.75, 3.05) is 19.6 Å². The van der Waals surface area contributed by atoms with Crippen LogP contribution in [0, 0.1) is 0 Å². The molecule has 0 spiro atoms. The Hall–Kier alpha value is 0.834. The van der Waals surface area contributed by atoms with Crippen LogP contribution in [0.25, 0.3) is 5.32 Å². The number of hydrogen-bond donors (Lipinski definition) is 2. The van der Waals surface area contributed by atoms with Crippen molar-refractivity contribution in [3.8, 4) is 0 Å². The maximum Gasteiger partial charge on any atom is 4.00 e. The average molecular weight is 486 g/mol. The quantitative estimate of drug-likeness (QED) is 0.264. The first-order valence-corrected chi connectivity index (χ1v) is 5.65. The van der Waals surface area contributed by atoms with Gasteiger partial charge in [-0.3, -0.25) is 0 Å². The molecule has 25 heavy (non-hydrogen) atoms. The fraction of sp³-hybridized carbons (Fsp3) is 1.00. The van der Waals surface area contributed by atoms with Crippen LogP contribution < -0.4 is 47.9 Å². The van der Waals surface area contributed by atoms with E-state index in [0.29, 0.717) is 0 Å². The Labute approximate surface area is 170 Å². The van der Waals surface area contributed by atoms with Gasteiger partial charge in [-0.25, -0.2) is 0 Å². The smallest absolute Gasteiger partial charge is 1.00 e. The molecule has 1 saturated heterocycles. The maximum absolute atomic E-state index is 12.5. The van der Waals surface area contributed by atoms with Gasteiger partial charge in [-0.15, -0.1) is 6.54 Å². The molecule has 1 rings (SSSR count). The number of alkyl halides is 9. The third kappa shape index (κ3) is 11.3. The molecule has 0 bridgehead atoms. The maximum atomic E-state index is 12.5. The topological polar surface area (TPSA) is 38.2 Å². The van der Waals surface area contributed by atoms with Crippen molar-refractivity contribution >= 4 is 0 Å². The van der Waals surface area contributed by atoms with E-state index < -0.39 is 56.3 Å². The summed E-state index contributed by atoms with van der Waals surface area (Å²) in [7, 11) is 0. The van der Waals surface area contributed by atoms with Crippen LogP contribution in [0.1, 0.15) is 0 Å². The molecule has 3 unspecified atom stereocenters. The van der Waals surface area contributed by atoms with E-state index in [1.54, 1.807) is 10.6 Å². The minimum Gasteiger partial charge on any atom is -1.00 e. The second kappa shape index (κ2) is 12.3. The number of nitrogens with one attached hydrogen (secondary N) is 2. The predicted molar refractivity (Wildman–Crippen MR) is 53.8 cm³/mol. The van der Waals surface area contributed by atoms with Gasteiger partial charge in [-0.1, -0.05) is 0 Å². The zero-order chi connectivity index (χ0) is 16.5. The van der Waals surface area contributed by atoms with Crippen LogP contribution >= 0.6 is 0 Å². The fourth-order valence-electron chi connectivity index (χ4n) is 1.62. The molecule has 0 aromatic rings. The minimum atomic E-state index is -5.02. The van der Waals surface area contributed by atoms with Crippen LogP contribution in [0.3, 0.4) is 0 Å². The molecule has 150 valence electrons. The van der Waals surface area contributed by atoms with Gasteiger partial charge < -0.3 is 53.2 Å². The molecule has 16 heteroatoms. The van der Waals surface area contributed by atoms with Crippen molar-refractivity contribution in [3.05, 3.63) is 5.32 Å². The molecule has 0 radical (unpaired) electrons. The Kier molecular flexibility index (Phi) is 16.5. The summed E-state index contributed by atoms with van der Waals surface area (Å²) >= 11 is 0. The number of rotatable bonds is 0. The number of halogens is 12. The minimum absolute atomic E-state index is 0. The van der Waals surface area contributed by atoms with E-state index in [9.17, 15) is 39.5 Å². The van der Waals surface area contributed by atoms with E-state index in [0.717, 1.165) is 0 Å². The van der Waals surface area contributed by atoms with Crippen molar-refractivity contribution < 1.29 is 98.5 Å². The Balaban J connectivity index is -0.000000551. The van der Waals surface area contributed by atoms with Crippen LogP contribution in [0.2, 0.25) is 0 Å². The van der Waals surface area contributed by atoms with E-state index in [2.05, 4.69) is 5.32 Å². The summed E-state index contributed by atoms with van der Waals surface area (Å²) < 4.78 is 113. The molecular weight excluding hydrogens is 475 g/mol. The largest absolute Gasteiger partial charge is 4.00 e. The molecule has 0 aliphatic carbocycles. The molecule has 0 aromatic heterocycles. The van der Waals surface area contributed by atoms with Gasteiger partial charge in [0, 0.05) is 6.54 Å². The SMILES string of the molecule is FC(F)(F)C1CNC(C(F)(F)F)CNC(C(F)(F)F)C[N-]1.[Cl-].[Cl-].[Cl-].[Ti+4]. The van der Waals surface area contributed by atoms with E-state index >= 15 is 0 Å². The van der Waals surface area contributed by atoms with Crippen molar-refractivity contribution in [3.63, 3.8) is 0 Å². The van der Waals surface area contributed by atoms with Crippen LogP contribution in [0.5, 0.6) is 0 Å². The Morgan fingerprint density at radius 2 is 1.04 bits per heavy atom. The molecule has 3 nitrogen and oxygen atoms in total. The van der Waals surface area contributed by atoms with Gasteiger partial charge in [0.15, 0.2) is 0 Å². The molecule has 1 fully saturated rings. The van der Waals surface area contributed by atoms with Crippen LogP contribution in [-0.2, 0) is 21.7 Å². The number of hydrogen-bond acceptors (Lipinski definition) is 2. The normalized spacial score (nSPS) is 25.6. The first-order chi connectivity index (χ1) is 9.32. The molecule has 0 saturated carbocycles. The Morgan fingerprint density at radius 3 is 1.40 bits per heavy atom. The van der Waals surface area contributed by atoms with Gasteiger partial charge in [-0.2, -0.15) is 39.5 Å². The standard InChI is InChI=1S/C9H11F9N3.3ClH.Ti/c10-7(11,12)4-1-19-5(8(13,14)15)2-21-6(3-20-4)9(16,17)18;;;;/h4-6,19-20H,1-3H2;3*1H;/q-1;;;;+4/p-3. The van der Waals surface area contributed by atoms with Gasteiger partial charge in [0.05, 0.1) is 6.04 Å². The predicted octanol–water partition coefficient (Wildman–Crippen LogP) is -6.64. The van der Waals surface area contributed by atoms with Gasteiger partial charge in [0.1, 0.15) is 6.04 Å². The summed E-state index contributed by atoms with van der Waals surface area (Å²) in [6.45, 7) is -3.74. The third-order valence-electron chi connectivity index (χ3n) is 2.80. The zero-order valence-corrected chi connectivity index (χ0v) is 15.7. The van der Waals surface area contributed by atoms with E-state index in [1.165, 1.54) is 0 Å². The average Bonchev–Trinajstić information content (AvgIpc) is 2.34. The van der Waals surface area contributed by atoms with Gasteiger partial charge >= 0.3 is 40.2 Å². The first-order valence-electron chi connectivity index (χ1n) is 5.65. The molecular formula is C9H11Cl3F9N3Ti. The van der Waals surface area contributed by atoms with Gasteiger partial charge in [-0.05, 0) is 12.6 Å². The van der Waals surface area contributed by atoms with Crippen molar-refractivity contribution in [1.29, 1.82) is 0 Å². The molecule has 1 aliphatic heterocycles. The second-order valence-electron chi connectivity index (χ2n) is 4.43. The molecule has 1 aliphatic rings. The van der Waals surface area contributed by atoms with E-state index in [-0.39, 0.29) is 58.9 Å². The zero-order valence-electron chi connectivity index (χ0n) is 11.8. The van der Waals surface area contributed by atoms with Gasteiger partial charge in [0.2, 0.25) is 0 Å². The third-order valence-corrected chi connectivity index (χ3v) is 2.80. The second-order valence-corrected chi connectivity index (χ2v) is 4.43. The molecule has 3 atom stereocenters. The number of nitrogens with zero attached hydrogens (tertiary/aromatic N) is 1. The summed E-state index contributed by atoms with van der Waals surface area (Å²) in [4.78, 5) is 0. The van der Waals surface area contributed by atoms with E-state index in [1.807, 2.05) is 0 Å². The van der Waals surface area contributed by atoms with Crippen molar-refractivity contribution in [1.82, 2.24) is 10.6 Å². The summed E-state index contributed by atoms with van der Waals surface area (Å²) in [6, 6.07) is -7.72. The van der Waals surface area contributed by atoms with Crippen molar-refractivity contribution in [2.24, 2.45) is 0 Å².